The number of hydrogen-bond donors (Lipinski definition) is 2. The lowest BCUT2D eigenvalue weighted by Crippen LogP contribution is -2.32. The fraction of sp³-hybridized carbons (Fsp3) is 0.308. The molecule has 0 saturated heterocycles. The topological polar surface area (TPSA) is 83.5 Å². The second-order valence-electron chi connectivity index (χ2n) is 4.42. The third-order valence-corrected chi connectivity index (χ3v) is 5.19. The lowest BCUT2D eigenvalue weighted by molar-refractivity contribution is -0.131. The first-order chi connectivity index (χ1) is 9.67. The van der Waals surface area contributed by atoms with E-state index in [1.54, 1.807) is 6.92 Å². The van der Waals surface area contributed by atoms with Crippen molar-refractivity contribution >= 4 is 45.3 Å². The molecular weight excluding hydrogens is 337 g/mol. The van der Waals surface area contributed by atoms with E-state index in [9.17, 15) is 13.2 Å². The molecule has 1 aromatic carbocycles. The Bertz CT molecular complexity index is 648. The third kappa shape index (κ3) is 5.00. The lowest BCUT2D eigenvalue weighted by Gasteiger charge is -2.14. The fourth-order valence-corrected chi connectivity index (χ4v) is 4.07. The maximum atomic E-state index is 12.2. The molecule has 1 rings (SSSR count). The lowest BCUT2D eigenvalue weighted by atomic mass is 10.2. The molecule has 0 amide bonds. The number of carboxylic acids is 1. The Hall–Kier alpha value is -1.08. The van der Waals surface area contributed by atoms with Crippen LogP contribution in [-0.4, -0.2) is 25.5 Å². The molecule has 5 nitrogen and oxygen atoms in total. The Labute approximate surface area is 133 Å². The summed E-state index contributed by atoms with van der Waals surface area (Å²) in [5.74, 6) is -1.13. The molecule has 0 aliphatic carbocycles. The molecule has 21 heavy (non-hydrogen) atoms. The van der Waals surface area contributed by atoms with Crippen molar-refractivity contribution in [3.05, 3.63) is 33.8 Å². The number of rotatable bonds is 6. The van der Waals surface area contributed by atoms with Gasteiger partial charge in [0.05, 0.1) is 10.0 Å². The Morgan fingerprint density at radius 3 is 2.33 bits per heavy atom. The fourth-order valence-electron chi connectivity index (χ4n) is 1.51. The summed E-state index contributed by atoms with van der Waals surface area (Å²) >= 11 is 12.0. The van der Waals surface area contributed by atoms with Gasteiger partial charge in [-0.2, -0.15) is 0 Å². The molecule has 0 bridgehead atoms. The molecule has 2 N–H and O–H groups in total. The highest BCUT2D eigenvalue weighted by Crippen LogP contribution is 2.31. The zero-order chi connectivity index (χ0) is 16.2. The second-order valence-corrected chi connectivity index (χ2v) is 6.88. The van der Waals surface area contributed by atoms with Gasteiger partial charge in [0, 0.05) is 12.1 Å². The Morgan fingerprint density at radius 1 is 1.38 bits per heavy atom. The predicted molar refractivity (Wildman–Crippen MR) is 83.2 cm³/mol. The Balaban J connectivity index is 3.25. The molecule has 1 atom stereocenters. The molecule has 0 heterocycles. The monoisotopic (exact) mass is 351 g/mol. The van der Waals surface area contributed by atoms with Gasteiger partial charge in [0.1, 0.15) is 4.90 Å². The number of carboxylic acid groups (broad SMARTS) is 1. The molecule has 1 aromatic rings. The summed E-state index contributed by atoms with van der Waals surface area (Å²) in [4.78, 5) is 10.3. The van der Waals surface area contributed by atoms with Crippen LogP contribution < -0.4 is 4.72 Å². The van der Waals surface area contributed by atoms with Gasteiger partial charge >= 0.3 is 5.97 Å². The SMILES string of the molecule is CCC(C)NS(=O)(=O)c1c(Cl)cc(C=CC(=O)O)cc1Cl. The van der Waals surface area contributed by atoms with E-state index >= 15 is 0 Å². The molecular formula is C13H15Cl2NO4S. The van der Waals surface area contributed by atoms with E-state index < -0.39 is 16.0 Å². The van der Waals surface area contributed by atoms with Gasteiger partial charge in [-0.05, 0) is 37.1 Å². The largest absolute Gasteiger partial charge is 0.478 e. The minimum atomic E-state index is -3.84. The van der Waals surface area contributed by atoms with Crippen LogP contribution in [0.1, 0.15) is 25.8 Å². The molecule has 8 heteroatoms. The van der Waals surface area contributed by atoms with Gasteiger partial charge in [-0.15, -0.1) is 0 Å². The molecule has 0 aliphatic heterocycles. The van der Waals surface area contributed by atoms with Crippen molar-refractivity contribution in [1.82, 2.24) is 4.72 Å². The first-order valence-electron chi connectivity index (χ1n) is 6.09. The molecule has 116 valence electrons. The second kappa shape index (κ2) is 7.26. The van der Waals surface area contributed by atoms with Gasteiger partial charge in [0.2, 0.25) is 10.0 Å². The van der Waals surface area contributed by atoms with E-state index in [2.05, 4.69) is 4.72 Å². The van der Waals surface area contributed by atoms with Crippen LogP contribution in [0, 0.1) is 0 Å². The normalized spacial score (nSPS) is 13.5. The van der Waals surface area contributed by atoms with E-state index in [0.29, 0.717) is 12.0 Å². The molecule has 0 radical (unpaired) electrons. The van der Waals surface area contributed by atoms with Gasteiger partial charge in [-0.1, -0.05) is 30.1 Å². The van der Waals surface area contributed by atoms with E-state index in [1.165, 1.54) is 18.2 Å². The van der Waals surface area contributed by atoms with Crippen LogP contribution in [0.25, 0.3) is 6.08 Å². The van der Waals surface area contributed by atoms with Gasteiger partial charge in [0.15, 0.2) is 0 Å². The highest BCUT2D eigenvalue weighted by molar-refractivity contribution is 7.89. The maximum absolute atomic E-state index is 12.2. The highest BCUT2D eigenvalue weighted by Gasteiger charge is 2.23. The number of halogens is 2. The van der Waals surface area contributed by atoms with Crippen LogP contribution >= 0.6 is 23.2 Å². The van der Waals surface area contributed by atoms with E-state index in [4.69, 9.17) is 28.3 Å². The molecule has 0 spiro atoms. The summed E-state index contributed by atoms with van der Waals surface area (Å²) < 4.78 is 26.9. The Kier molecular flexibility index (Phi) is 6.22. The first-order valence-corrected chi connectivity index (χ1v) is 8.33. The van der Waals surface area contributed by atoms with Crippen molar-refractivity contribution < 1.29 is 18.3 Å². The zero-order valence-corrected chi connectivity index (χ0v) is 13.8. The highest BCUT2D eigenvalue weighted by atomic mass is 35.5. The van der Waals surface area contributed by atoms with Crippen molar-refractivity contribution in [3.8, 4) is 0 Å². The summed E-state index contributed by atoms with van der Waals surface area (Å²) in [7, 11) is -3.84. The predicted octanol–water partition coefficient (Wildman–Crippen LogP) is 3.17. The van der Waals surface area contributed by atoms with Crippen LogP contribution in [0.15, 0.2) is 23.1 Å². The number of aliphatic carboxylic acids is 1. The van der Waals surface area contributed by atoms with Crippen molar-refractivity contribution in [3.63, 3.8) is 0 Å². The third-order valence-electron chi connectivity index (χ3n) is 2.68. The number of nitrogens with one attached hydrogen (secondary N) is 1. The van der Waals surface area contributed by atoms with E-state index in [0.717, 1.165) is 6.08 Å². The van der Waals surface area contributed by atoms with Crippen molar-refractivity contribution in [2.24, 2.45) is 0 Å². The van der Waals surface area contributed by atoms with Crippen molar-refractivity contribution in [2.45, 2.75) is 31.2 Å². The van der Waals surface area contributed by atoms with Crippen LogP contribution in [0.5, 0.6) is 0 Å². The van der Waals surface area contributed by atoms with E-state index in [1.807, 2.05) is 6.92 Å². The van der Waals surface area contributed by atoms with E-state index in [-0.39, 0.29) is 21.0 Å². The standard InChI is InChI=1S/C13H15Cl2NO4S/c1-3-8(2)16-21(19,20)13-10(14)6-9(7-11(13)15)4-5-12(17)18/h4-8,16H,3H2,1-2H3,(H,17,18). The smallest absolute Gasteiger partial charge is 0.328 e. The molecule has 0 aliphatic rings. The summed E-state index contributed by atoms with van der Waals surface area (Å²) in [6.07, 6.45) is 2.81. The molecule has 1 unspecified atom stereocenters. The minimum Gasteiger partial charge on any atom is -0.478 e. The average molecular weight is 352 g/mol. The number of sulfonamides is 1. The van der Waals surface area contributed by atoms with Crippen LogP contribution in [-0.2, 0) is 14.8 Å². The quantitative estimate of drug-likeness (QED) is 0.771. The first kappa shape index (κ1) is 18.0. The van der Waals surface area contributed by atoms with Crippen LogP contribution in [0.3, 0.4) is 0 Å². The maximum Gasteiger partial charge on any atom is 0.328 e. The average Bonchev–Trinajstić information content (AvgIpc) is 2.34. The number of carbonyl (C=O) groups is 1. The summed E-state index contributed by atoms with van der Waals surface area (Å²) in [6, 6.07) is 2.43. The summed E-state index contributed by atoms with van der Waals surface area (Å²) in [5.41, 5.74) is 0.398. The molecule has 0 aromatic heterocycles. The van der Waals surface area contributed by atoms with Gasteiger partial charge in [0.25, 0.3) is 0 Å². The van der Waals surface area contributed by atoms with Crippen molar-refractivity contribution in [2.75, 3.05) is 0 Å². The van der Waals surface area contributed by atoms with Crippen LogP contribution in [0.4, 0.5) is 0 Å². The number of benzene rings is 1. The van der Waals surface area contributed by atoms with Crippen molar-refractivity contribution in [1.29, 1.82) is 0 Å². The van der Waals surface area contributed by atoms with Gasteiger partial charge in [-0.25, -0.2) is 17.9 Å². The van der Waals surface area contributed by atoms with Crippen LogP contribution in [0.2, 0.25) is 10.0 Å². The summed E-state index contributed by atoms with van der Waals surface area (Å²) in [6.45, 7) is 3.57. The summed E-state index contributed by atoms with van der Waals surface area (Å²) in [5, 5.41) is 8.43. The Morgan fingerprint density at radius 2 is 1.90 bits per heavy atom. The molecule has 0 saturated carbocycles. The zero-order valence-electron chi connectivity index (χ0n) is 11.4. The molecule has 0 fully saturated rings. The van der Waals surface area contributed by atoms with Gasteiger partial charge < -0.3 is 5.11 Å². The number of hydrogen-bond acceptors (Lipinski definition) is 3. The van der Waals surface area contributed by atoms with Gasteiger partial charge in [-0.3, -0.25) is 0 Å². The minimum absolute atomic E-state index is 0.0664.